The number of nitrogens with zero attached hydrogens (tertiary/aromatic N) is 2. The summed E-state index contributed by atoms with van der Waals surface area (Å²) >= 11 is 5.76. The van der Waals surface area contributed by atoms with Crippen molar-refractivity contribution in [3.63, 3.8) is 0 Å². The summed E-state index contributed by atoms with van der Waals surface area (Å²) in [6, 6.07) is 3.08. The third-order valence-electron chi connectivity index (χ3n) is 3.00. The van der Waals surface area contributed by atoms with Gasteiger partial charge in [0.05, 0.1) is 11.5 Å². The van der Waals surface area contributed by atoms with Gasteiger partial charge in [0.15, 0.2) is 9.84 Å². The van der Waals surface area contributed by atoms with E-state index in [-0.39, 0.29) is 35.0 Å². The minimum Gasteiger partial charge on any atom is -0.337 e. The fourth-order valence-electron chi connectivity index (χ4n) is 2.19. The number of pyridine rings is 1. The molecule has 0 N–H and O–H groups in total. The maximum Gasteiger partial charge on any atom is 0.254 e. The highest BCUT2D eigenvalue weighted by atomic mass is 35.5. The smallest absolute Gasteiger partial charge is 0.254 e. The predicted molar refractivity (Wildman–Crippen MR) is 73.0 cm³/mol. The van der Waals surface area contributed by atoms with Crippen LogP contribution in [-0.2, 0) is 9.84 Å². The molecular weight excluding hydrogens is 288 g/mol. The van der Waals surface area contributed by atoms with Crippen LogP contribution in [0.1, 0.15) is 17.3 Å². The van der Waals surface area contributed by atoms with Gasteiger partial charge in [-0.3, -0.25) is 4.79 Å². The van der Waals surface area contributed by atoms with Crippen LogP contribution in [0, 0.1) is 5.92 Å². The van der Waals surface area contributed by atoms with E-state index in [2.05, 4.69) is 4.98 Å². The molecule has 7 heteroatoms. The number of sulfone groups is 1. The lowest BCUT2D eigenvalue weighted by Crippen LogP contribution is -2.35. The molecule has 0 aromatic carbocycles. The molecule has 1 aliphatic heterocycles. The van der Waals surface area contributed by atoms with E-state index in [1.54, 1.807) is 11.0 Å². The molecule has 1 atom stereocenters. The molecule has 1 saturated heterocycles. The molecule has 0 spiro atoms. The van der Waals surface area contributed by atoms with E-state index in [4.69, 9.17) is 11.6 Å². The van der Waals surface area contributed by atoms with Crippen LogP contribution < -0.4 is 0 Å². The van der Waals surface area contributed by atoms with Crippen LogP contribution in [0.15, 0.2) is 18.3 Å². The maximum absolute atomic E-state index is 12.3. The molecule has 1 amide bonds. The van der Waals surface area contributed by atoms with Crippen molar-refractivity contribution in [2.45, 2.75) is 6.92 Å². The van der Waals surface area contributed by atoms with Crippen molar-refractivity contribution < 1.29 is 13.2 Å². The van der Waals surface area contributed by atoms with E-state index in [0.717, 1.165) is 0 Å². The van der Waals surface area contributed by atoms with E-state index >= 15 is 0 Å². The fraction of sp³-hybridized carbons (Fsp3) is 0.500. The Labute approximate surface area is 117 Å². The number of carbonyl (C=O) groups excluding carboxylic acids is 1. The molecule has 1 aromatic heterocycles. The number of rotatable bonds is 1. The Morgan fingerprint density at radius 1 is 1.53 bits per heavy atom. The number of hydrogen-bond acceptors (Lipinski definition) is 4. The average molecular weight is 303 g/mol. The van der Waals surface area contributed by atoms with E-state index in [0.29, 0.717) is 12.1 Å². The molecule has 0 saturated carbocycles. The largest absolute Gasteiger partial charge is 0.337 e. The van der Waals surface area contributed by atoms with E-state index in [1.165, 1.54) is 12.3 Å². The summed E-state index contributed by atoms with van der Waals surface area (Å²) in [6.45, 7) is 2.51. The van der Waals surface area contributed by atoms with Crippen molar-refractivity contribution in [3.8, 4) is 0 Å². The molecule has 0 aliphatic carbocycles. The van der Waals surface area contributed by atoms with Crippen LogP contribution in [0.4, 0.5) is 0 Å². The lowest BCUT2D eigenvalue weighted by Gasteiger charge is -2.22. The van der Waals surface area contributed by atoms with Crippen molar-refractivity contribution >= 4 is 27.3 Å². The zero-order valence-electron chi connectivity index (χ0n) is 10.5. The van der Waals surface area contributed by atoms with Gasteiger partial charge in [-0.25, -0.2) is 13.4 Å². The molecule has 1 fully saturated rings. The van der Waals surface area contributed by atoms with Gasteiger partial charge in [-0.15, -0.1) is 0 Å². The number of halogens is 1. The second kappa shape index (κ2) is 5.46. The van der Waals surface area contributed by atoms with E-state index in [1.807, 2.05) is 6.92 Å². The minimum absolute atomic E-state index is 0.0158. The summed E-state index contributed by atoms with van der Waals surface area (Å²) in [5, 5.41) is 0.251. The second-order valence-corrected chi connectivity index (χ2v) is 7.45. The van der Waals surface area contributed by atoms with Crippen LogP contribution in [0.25, 0.3) is 0 Å². The fourth-order valence-corrected chi connectivity index (χ4v) is 4.00. The normalized spacial score (nSPS) is 22.8. The highest BCUT2D eigenvalue weighted by Crippen LogP contribution is 2.15. The first-order valence-electron chi connectivity index (χ1n) is 5.98. The van der Waals surface area contributed by atoms with Crippen LogP contribution >= 0.6 is 11.6 Å². The molecule has 1 aromatic rings. The van der Waals surface area contributed by atoms with Crippen LogP contribution in [0.2, 0.25) is 5.15 Å². The first kappa shape index (κ1) is 14.3. The minimum atomic E-state index is -3.06. The number of amides is 1. The summed E-state index contributed by atoms with van der Waals surface area (Å²) in [5.74, 6) is -0.113. The van der Waals surface area contributed by atoms with Gasteiger partial charge >= 0.3 is 0 Å². The molecule has 0 radical (unpaired) electrons. The van der Waals surface area contributed by atoms with Crippen LogP contribution in [-0.4, -0.2) is 48.8 Å². The van der Waals surface area contributed by atoms with Gasteiger partial charge in [-0.1, -0.05) is 18.5 Å². The maximum atomic E-state index is 12.3. The predicted octanol–water partition coefficient (Wildman–Crippen LogP) is 1.24. The Balaban J connectivity index is 2.20. The Morgan fingerprint density at radius 3 is 2.95 bits per heavy atom. The van der Waals surface area contributed by atoms with Crippen LogP contribution in [0.3, 0.4) is 0 Å². The molecule has 2 heterocycles. The van der Waals surface area contributed by atoms with Gasteiger partial charge in [0, 0.05) is 24.8 Å². The van der Waals surface area contributed by atoms with Gasteiger partial charge in [0.2, 0.25) is 0 Å². The summed E-state index contributed by atoms with van der Waals surface area (Å²) < 4.78 is 23.3. The highest BCUT2D eigenvalue weighted by Gasteiger charge is 2.27. The number of hydrogen-bond donors (Lipinski definition) is 0. The Hall–Kier alpha value is -1.14. The second-order valence-electron chi connectivity index (χ2n) is 4.84. The number of aromatic nitrogens is 1. The van der Waals surface area contributed by atoms with Crippen molar-refractivity contribution in [1.29, 1.82) is 0 Å². The molecule has 104 valence electrons. The van der Waals surface area contributed by atoms with Gasteiger partial charge < -0.3 is 4.90 Å². The number of carbonyl (C=O) groups is 1. The summed E-state index contributed by atoms with van der Waals surface area (Å²) in [7, 11) is -3.06. The van der Waals surface area contributed by atoms with Gasteiger partial charge in [0.25, 0.3) is 5.91 Å². The van der Waals surface area contributed by atoms with Crippen LogP contribution in [0.5, 0.6) is 0 Å². The van der Waals surface area contributed by atoms with E-state index < -0.39 is 9.84 Å². The van der Waals surface area contributed by atoms with Crippen molar-refractivity contribution in [2.24, 2.45) is 5.92 Å². The Bertz CT molecular complexity index is 588. The zero-order valence-corrected chi connectivity index (χ0v) is 12.1. The Morgan fingerprint density at radius 2 is 2.26 bits per heavy atom. The topological polar surface area (TPSA) is 67.3 Å². The molecule has 1 aliphatic rings. The molecule has 1 unspecified atom stereocenters. The zero-order chi connectivity index (χ0) is 14.0. The standard InChI is InChI=1S/C12H15ClN2O3S/c1-9-7-15(4-5-19(17,18)8-9)12(16)10-2-3-14-11(13)6-10/h2-3,6,9H,4-5,7-8H2,1H3. The molecular formula is C12H15ClN2O3S. The van der Waals surface area contributed by atoms with Gasteiger partial charge in [-0.05, 0) is 18.1 Å². The first-order chi connectivity index (χ1) is 8.87. The van der Waals surface area contributed by atoms with E-state index in [9.17, 15) is 13.2 Å². The van der Waals surface area contributed by atoms with Gasteiger partial charge in [0.1, 0.15) is 5.15 Å². The summed E-state index contributed by atoms with van der Waals surface area (Å²) in [5.41, 5.74) is 0.437. The van der Waals surface area contributed by atoms with Crippen molar-refractivity contribution in [3.05, 3.63) is 29.0 Å². The van der Waals surface area contributed by atoms with Crippen molar-refractivity contribution in [2.75, 3.05) is 24.6 Å². The monoisotopic (exact) mass is 302 g/mol. The first-order valence-corrected chi connectivity index (χ1v) is 8.18. The third-order valence-corrected chi connectivity index (χ3v) is 5.09. The molecule has 19 heavy (non-hydrogen) atoms. The average Bonchev–Trinajstić information content (AvgIpc) is 2.46. The molecule has 5 nitrogen and oxygen atoms in total. The highest BCUT2D eigenvalue weighted by molar-refractivity contribution is 7.91. The van der Waals surface area contributed by atoms with Gasteiger partial charge in [-0.2, -0.15) is 0 Å². The third kappa shape index (κ3) is 3.67. The van der Waals surface area contributed by atoms with Crippen molar-refractivity contribution in [1.82, 2.24) is 9.88 Å². The quantitative estimate of drug-likeness (QED) is 0.732. The Kier molecular flexibility index (Phi) is 4.10. The summed E-state index contributed by atoms with van der Waals surface area (Å²) in [4.78, 5) is 17.7. The summed E-state index contributed by atoms with van der Waals surface area (Å²) in [6.07, 6.45) is 1.47. The molecule has 0 bridgehead atoms. The molecule has 2 rings (SSSR count). The SMILES string of the molecule is CC1CN(C(=O)c2ccnc(Cl)c2)CCS(=O)(=O)C1. The lowest BCUT2D eigenvalue weighted by atomic mass is 10.1. The lowest BCUT2D eigenvalue weighted by molar-refractivity contribution is 0.0751.